The smallest absolute Gasteiger partial charge is 0.228 e. The van der Waals surface area contributed by atoms with Crippen molar-refractivity contribution < 1.29 is 9.53 Å². The molecule has 0 spiro atoms. The molecule has 1 aromatic carbocycles. The van der Waals surface area contributed by atoms with Crippen molar-refractivity contribution in [2.45, 2.75) is 51.1 Å². The van der Waals surface area contributed by atoms with Crippen LogP contribution in [0.25, 0.3) is 33.1 Å². The van der Waals surface area contributed by atoms with Crippen LogP contribution in [0.1, 0.15) is 39.5 Å². The Bertz CT molecular complexity index is 1330. The minimum Gasteiger partial charge on any atom is -0.480 e. The number of aromatic nitrogens is 5. The van der Waals surface area contributed by atoms with Gasteiger partial charge in [-0.25, -0.2) is 0 Å². The molecule has 1 aliphatic carbocycles. The largest absolute Gasteiger partial charge is 0.480 e. The zero-order valence-electron chi connectivity index (χ0n) is 19.0. The second kappa shape index (κ2) is 8.31. The van der Waals surface area contributed by atoms with Gasteiger partial charge in [-0.15, -0.1) is 0 Å². The second-order valence-corrected chi connectivity index (χ2v) is 8.95. The Kier molecular flexibility index (Phi) is 5.32. The minimum atomic E-state index is -0.147. The summed E-state index contributed by atoms with van der Waals surface area (Å²) in [7, 11) is 1.62. The maximum atomic E-state index is 11.5. The van der Waals surface area contributed by atoms with E-state index in [9.17, 15) is 4.79 Å². The summed E-state index contributed by atoms with van der Waals surface area (Å²) in [6.45, 7) is 3.68. The molecule has 1 saturated carbocycles. The lowest BCUT2D eigenvalue weighted by molar-refractivity contribution is -0.121. The van der Waals surface area contributed by atoms with Crippen LogP contribution >= 0.6 is 0 Å². The van der Waals surface area contributed by atoms with Crippen molar-refractivity contribution in [3.63, 3.8) is 0 Å². The number of H-pyrrole nitrogens is 1. The van der Waals surface area contributed by atoms with E-state index < -0.39 is 0 Å². The van der Waals surface area contributed by atoms with E-state index in [1.54, 1.807) is 20.2 Å². The number of ether oxygens (including phenoxy) is 1. The van der Waals surface area contributed by atoms with Crippen molar-refractivity contribution >= 4 is 33.8 Å². The molecule has 170 valence electrons. The van der Waals surface area contributed by atoms with Gasteiger partial charge in [0.2, 0.25) is 17.7 Å². The molecule has 9 nitrogen and oxygen atoms in total. The first-order valence-electron chi connectivity index (χ1n) is 11.1. The molecule has 0 bridgehead atoms. The molecule has 0 saturated heterocycles. The number of aromatic amines is 1. The number of hydrogen-bond acceptors (Lipinski definition) is 7. The Morgan fingerprint density at radius 2 is 2.03 bits per heavy atom. The van der Waals surface area contributed by atoms with E-state index in [-0.39, 0.29) is 17.5 Å². The van der Waals surface area contributed by atoms with E-state index >= 15 is 0 Å². The highest BCUT2D eigenvalue weighted by Gasteiger charge is 2.32. The Balaban J connectivity index is 1.41. The van der Waals surface area contributed by atoms with Crippen LogP contribution in [-0.4, -0.2) is 49.7 Å². The highest BCUT2D eigenvalue weighted by atomic mass is 16.5. The van der Waals surface area contributed by atoms with Crippen LogP contribution < -0.4 is 15.4 Å². The zero-order valence-corrected chi connectivity index (χ0v) is 19.0. The fraction of sp³-hybridized carbons (Fsp3) is 0.375. The van der Waals surface area contributed by atoms with E-state index in [4.69, 9.17) is 9.72 Å². The van der Waals surface area contributed by atoms with Gasteiger partial charge in [-0.2, -0.15) is 20.2 Å². The van der Waals surface area contributed by atoms with Gasteiger partial charge in [0.15, 0.2) is 0 Å². The summed E-state index contributed by atoms with van der Waals surface area (Å²) in [6, 6.07) is 8.23. The first-order valence-corrected chi connectivity index (χ1v) is 11.1. The topological polar surface area (TPSA) is 118 Å². The first-order chi connectivity index (χ1) is 15.9. The van der Waals surface area contributed by atoms with Gasteiger partial charge < -0.3 is 20.4 Å². The van der Waals surface area contributed by atoms with Crippen molar-refractivity contribution in [2.75, 3.05) is 12.4 Å². The van der Waals surface area contributed by atoms with E-state index in [0.717, 1.165) is 53.1 Å². The number of methoxy groups -OCH3 is 1. The maximum Gasteiger partial charge on any atom is 0.228 e. The number of fused-ring (bicyclic) bond motifs is 2. The van der Waals surface area contributed by atoms with Crippen molar-refractivity contribution in [3.8, 4) is 17.0 Å². The highest BCUT2D eigenvalue weighted by molar-refractivity contribution is 5.99. The molecule has 0 atom stereocenters. The summed E-state index contributed by atoms with van der Waals surface area (Å²) in [5.74, 6) is 1.07. The van der Waals surface area contributed by atoms with Crippen LogP contribution in [0.5, 0.6) is 5.88 Å². The first kappa shape index (κ1) is 21.1. The molecule has 0 radical (unpaired) electrons. The number of benzene rings is 1. The lowest BCUT2D eigenvalue weighted by atomic mass is 9.81. The zero-order chi connectivity index (χ0) is 23.0. The van der Waals surface area contributed by atoms with Gasteiger partial charge in [0.25, 0.3) is 0 Å². The summed E-state index contributed by atoms with van der Waals surface area (Å²) in [6.07, 6.45) is 7.28. The molecule has 4 aromatic rings. The summed E-state index contributed by atoms with van der Waals surface area (Å²) in [5, 5.41) is 16.5. The number of nitrogens with zero attached hydrogens (tertiary/aromatic N) is 4. The quantitative estimate of drug-likeness (QED) is 0.427. The fourth-order valence-electron chi connectivity index (χ4n) is 4.73. The van der Waals surface area contributed by atoms with Gasteiger partial charge in [0, 0.05) is 35.7 Å². The number of carbonyl (C=O) groups excluding carboxylic acids is 1. The molecule has 0 aliphatic heterocycles. The number of rotatable bonds is 5. The Morgan fingerprint density at radius 1 is 1.21 bits per heavy atom. The monoisotopic (exact) mass is 445 g/mol. The summed E-state index contributed by atoms with van der Waals surface area (Å²) < 4.78 is 5.66. The van der Waals surface area contributed by atoms with Crippen molar-refractivity contribution in [2.24, 2.45) is 0 Å². The van der Waals surface area contributed by atoms with E-state index in [1.807, 2.05) is 24.4 Å². The van der Waals surface area contributed by atoms with Gasteiger partial charge in [0.05, 0.1) is 24.2 Å². The molecule has 0 unspecified atom stereocenters. The summed E-state index contributed by atoms with van der Waals surface area (Å²) >= 11 is 0. The van der Waals surface area contributed by atoms with Crippen LogP contribution in [0.2, 0.25) is 0 Å². The predicted octanol–water partition coefficient (Wildman–Crippen LogP) is 3.83. The van der Waals surface area contributed by atoms with Crippen molar-refractivity contribution in [1.29, 1.82) is 0 Å². The van der Waals surface area contributed by atoms with Crippen LogP contribution in [0.3, 0.4) is 0 Å². The molecule has 33 heavy (non-hydrogen) atoms. The number of anilines is 1. The molecule has 3 heterocycles. The predicted molar refractivity (Wildman–Crippen MR) is 127 cm³/mol. The molecule has 5 rings (SSSR count). The number of hydrogen-bond donors (Lipinski definition) is 3. The number of amides is 1. The Hall–Kier alpha value is -3.75. The average molecular weight is 446 g/mol. The average Bonchev–Trinajstić information content (AvgIpc) is 3.23. The third-order valence-corrected chi connectivity index (χ3v) is 6.42. The van der Waals surface area contributed by atoms with Gasteiger partial charge in [-0.1, -0.05) is 6.07 Å². The molecule has 1 fully saturated rings. The molecule has 1 aliphatic rings. The van der Waals surface area contributed by atoms with Gasteiger partial charge in [-0.05, 0) is 56.4 Å². The Labute approximate surface area is 191 Å². The van der Waals surface area contributed by atoms with E-state index in [0.29, 0.717) is 17.5 Å². The summed E-state index contributed by atoms with van der Waals surface area (Å²) in [4.78, 5) is 24.1. The highest BCUT2D eigenvalue weighted by Crippen LogP contribution is 2.36. The van der Waals surface area contributed by atoms with Crippen LogP contribution in [-0.2, 0) is 4.79 Å². The molecule has 1 amide bonds. The molecule has 3 aromatic heterocycles. The van der Waals surface area contributed by atoms with Crippen LogP contribution in [0.4, 0.5) is 5.95 Å². The standard InChI is InChI=1S/C24H27N7O2/c1-14(32)30-24(2)9-6-17(7-10-24)27-23-28-21-20(22(29-23)33-3)18(13-25-21)15-4-5-19-16(12-15)8-11-26-31-19/h4-5,8,11-13,17H,6-7,9-10H2,1-3H3,(H,30,32)(H2,25,27,28,29)/t17-,24-. The van der Waals surface area contributed by atoms with Crippen molar-refractivity contribution in [3.05, 3.63) is 36.7 Å². The Morgan fingerprint density at radius 3 is 2.79 bits per heavy atom. The normalized spacial score (nSPS) is 20.6. The van der Waals surface area contributed by atoms with Crippen molar-refractivity contribution in [1.82, 2.24) is 30.5 Å². The fourth-order valence-corrected chi connectivity index (χ4v) is 4.73. The number of nitrogens with one attached hydrogen (secondary N) is 3. The molecular weight excluding hydrogens is 418 g/mol. The molecule has 9 heteroatoms. The third kappa shape index (κ3) is 4.18. The van der Waals surface area contributed by atoms with Crippen LogP contribution in [0.15, 0.2) is 36.7 Å². The molecule has 3 N–H and O–H groups in total. The molecular formula is C24H27N7O2. The van der Waals surface area contributed by atoms with Gasteiger partial charge in [-0.3, -0.25) is 4.79 Å². The van der Waals surface area contributed by atoms with Crippen LogP contribution in [0, 0.1) is 0 Å². The number of carbonyl (C=O) groups is 1. The second-order valence-electron chi connectivity index (χ2n) is 8.95. The van der Waals surface area contributed by atoms with Gasteiger partial charge >= 0.3 is 0 Å². The maximum absolute atomic E-state index is 11.5. The van der Waals surface area contributed by atoms with E-state index in [1.165, 1.54) is 0 Å². The SMILES string of the molecule is COc1nc(N[C@H]2CC[C@](C)(NC(C)=O)CC2)nc2[nH]cc(-c3ccc4nnccc4c3)c12. The third-order valence-electron chi connectivity index (χ3n) is 6.42. The van der Waals surface area contributed by atoms with Gasteiger partial charge in [0.1, 0.15) is 5.65 Å². The van der Waals surface area contributed by atoms with E-state index in [2.05, 4.69) is 43.8 Å². The lowest BCUT2D eigenvalue weighted by Crippen LogP contribution is -2.49. The lowest BCUT2D eigenvalue weighted by Gasteiger charge is -2.38. The minimum absolute atomic E-state index is 0.0179. The summed E-state index contributed by atoms with van der Waals surface area (Å²) in [5.41, 5.74) is 3.40.